The fraction of sp³-hybridized carbons (Fsp3) is 0.562. The van der Waals surface area contributed by atoms with Crippen molar-refractivity contribution in [2.45, 2.75) is 52.0 Å². The molecule has 1 N–H and O–H groups in total. The fourth-order valence-corrected chi connectivity index (χ4v) is 2.84. The Morgan fingerprint density at radius 3 is 2.71 bits per heavy atom. The maximum Gasteiger partial charge on any atom is 0.328 e. The minimum atomic E-state index is -1.10. The lowest BCUT2D eigenvalue weighted by Crippen LogP contribution is -2.51. The first-order chi connectivity index (χ1) is 9.91. The highest BCUT2D eigenvalue weighted by molar-refractivity contribution is 5.82. The van der Waals surface area contributed by atoms with Crippen LogP contribution in [0.3, 0.4) is 0 Å². The minimum absolute atomic E-state index is 0.465. The van der Waals surface area contributed by atoms with E-state index in [-0.39, 0.29) is 0 Å². The topological polar surface area (TPSA) is 77.2 Å². The standard InChI is InChI=1S/C16H21N3O2/c1-4-19(16(2,3)15(20)21)14-12(10-17)9-11-7-5-6-8-13(11)18-14/h9H,4-8H2,1-3H3,(H,20,21). The molecule has 0 unspecified atom stereocenters. The first-order valence-corrected chi connectivity index (χ1v) is 7.35. The van der Waals surface area contributed by atoms with E-state index in [4.69, 9.17) is 0 Å². The van der Waals surface area contributed by atoms with Gasteiger partial charge in [0.25, 0.3) is 0 Å². The van der Waals surface area contributed by atoms with Crippen LogP contribution in [0.15, 0.2) is 6.07 Å². The summed E-state index contributed by atoms with van der Waals surface area (Å²) < 4.78 is 0. The van der Waals surface area contributed by atoms with Crippen LogP contribution in [0.1, 0.15) is 50.4 Å². The zero-order valence-corrected chi connectivity index (χ0v) is 12.8. The molecule has 0 saturated carbocycles. The number of likely N-dealkylation sites (N-methyl/N-ethyl adjacent to an activating group) is 1. The summed E-state index contributed by atoms with van der Waals surface area (Å²) in [6.45, 7) is 5.65. The van der Waals surface area contributed by atoms with E-state index in [0.29, 0.717) is 17.9 Å². The third-order valence-corrected chi connectivity index (χ3v) is 4.17. The van der Waals surface area contributed by atoms with Crippen molar-refractivity contribution in [2.24, 2.45) is 0 Å². The van der Waals surface area contributed by atoms with Crippen LogP contribution in [0.5, 0.6) is 0 Å². The minimum Gasteiger partial charge on any atom is -0.480 e. The van der Waals surface area contributed by atoms with Crippen molar-refractivity contribution in [3.8, 4) is 6.07 Å². The molecule has 0 aromatic carbocycles. The second kappa shape index (κ2) is 5.72. The number of carboxylic acids is 1. The summed E-state index contributed by atoms with van der Waals surface area (Å²) in [6, 6.07) is 4.06. The van der Waals surface area contributed by atoms with Crippen LogP contribution in [0, 0.1) is 11.3 Å². The molecular weight excluding hydrogens is 266 g/mol. The molecule has 1 aromatic heterocycles. The summed E-state index contributed by atoms with van der Waals surface area (Å²) in [6.07, 6.45) is 4.07. The summed E-state index contributed by atoms with van der Waals surface area (Å²) in [4.78, 5) is 17.9. The zero-order chi connectivity index (χ0) is 15.6. The Labute approximate surface area is 125 Å². The van der Waals surface area contributed by atoms with E-state index in [9.17, 15) is 15.2 Å². The molecule has 0 spiro atoms. The van der Waals surface area contributed by atoms with Gasteiger partial charge in [-0.25, -0.2) is 9.78 Å². The van der Waals surface area contributed by atoms with Crippen molar-refractivity contribution < 1.29 is 9.90 Å². The number of aryl methyl sites for hydroxylation is 2. The SMILES string of the molecule is CCN(c1nc2c(cc1C#N)CCCC2)C(C)(C)C(=O)O. The van der Waals surface area contributed by atoms with Gasteiger partial charge in [-0.3, -0.25) is 0 Å². The number of aliphatic carboxylic acids is 1. The summed E-state index contributed by atoms with van der Waals surface area (Å²) in [5.74, 6) is -0.430. The van der Waals surface area contributed by atoms with E-state index in [1.807, 2.05) is 13.0 Å². The Balaban J connectivity index is 2.56. The summed E-state index contributed by atoms with van der Waals surface area (Å²) in [5, 5.41) is 18.9. The van der Waals surface area contributed by atoms with Gasteiger partial charge < -0.3 is 10.0 Å². The second-order valence-corrected chi connectivity index (χ2v) is 5.89. The third kappa shape index (κ3) is 2.71. The van der Waals surface area contributed by atoms with Gasteiger partial charge in [0.05, 0.1) is 5.56 Å². The number of carboxylic acid groups (broad SMARTS) is 1. The van der Waals surface area contributed by atoms with Gasteiger partial charge in [0.1, 0.15) is 17.4 Å². The van der Waals surface area contributed by atoms with Crippen LogP contribution in [-0.2, 0) is 17.6 Å². The van der Waals surface area contributed by atoms with Crippen LogP contribution in [0.2, 0.25) is 0 Å². The van der Waals surface area contributed by atoms with Crippen molar-refractivity contribution in [2.75, 3.05) is 11.4 Å². The van der Waals surface area contributed by atoms with Crippen LogP contribution in [0.25, 0.3) is 0 Å². The highest BCUT2D eigenvalue weighted by Gasteiger charge is 2.36. The Kier molecular flexibility index (Phi) is 4.17. The number of aromatic nitrogens is 1. The van der Waals surface area contributed by atoms with Crippen molar-refractivity contribution in [1.29, 1.82) is 5.26 Å². The van der Waals surface area contributed by atoms with E-state index < -0.39 is 11.5 Å². The molecule has 1 heterocycles. The predicted octanol–water partition coefficient (Wildman–Crippen LogP) is 2.52. The highest BCUT2D eigenvalue weighted by atomic mass is 16.4. The Bertz CT molecular complexity index is 602. The van der Waals surface area contributed by atoms with Gasteiger partial charge in [0, 0.05) is 12.2 Å². The van der Waals surface area contributed by atoms with Crippen molar-refractivity contribution in [3.63, 3.8) is 0 Å². The average molecular weight is 287 g/mol. The lowest BCUT2D eigenvalue weighted by Gasteiger charge is -2.36. The van der Waals surface area contributed by atoms with E-state index in [2.05, 4.69) is 11.1 Å². The summed E-state index contributed by atoms with van der Waals surface area (Å²) >= 11 is 0. The number of carbonyl (C=O) groups is 1. The van der Waals surface area contributed by atoms with E-state index >= 15 is 0 Å². The molecule has 21 heavy (non-hydrogen) atoms. The largest absolute Gasteiger partial charge is 0.480 e. The zero-order valence-electron chi connectivity index (χ0n) is 12.8. The Morgan fingerprint density at radius 2 is 2.14 bits per heavy atom. The van der Waals surface area contributed by atoms with Gasteiger partial charge in [-0.2, -0.15) is 5.26 Å². The smallest absolute Gasteiger partial charge is 0.328 e. The molecule has 2 rings (SSSR count). The molecule has 0 atom stereocenters. The highest BCUT2D eigenvalue weighted by Crippen LogP contribution is 2.30. The lowest BCUT2D eigenvalue weighted by molar-refractivity contribution is -0.142. The molecule has 1 aromatic rings. The predicted molar refractivity (Wildman–Crippen MR) is 80.3 cm³/mol. The van der Waals surface area contributed by atoms with Crippen molar-refractivity contribution in [1.82, 2.24) is 4.98 Å². The molecule has 0 fully saturated rings. The molecule has 5 nitrogen and oxygen atoms in total. The first kappa shape index (κ1) is 15.3. The molecule has 5 heteroatoms. The molecule has 0 saturated heterocycles. The number of anilines is 1. The number of nitrogens with zero attached hydrogens (tertiary/aromatic N) is 3. The molecule has 0 aliphatic heterocycles. The van der Waals surface area contributed by atoms with Crippen LogP contribution >= 0.6 is 0 Å². The quantitative estimate of drug-likeness (QED) is 0.920. The molecular formula is C16H21N3O2. The number of pyridine rings is 1. The van der Waals surface area contributed by atoms with E-state index in [0.717, 1.165) is 36.9 Å². The first-order valence-electron chi connectivity index (χ1n) is 7.35. The number of fused-ring (bicyclic) bond motifs is 1. The molecule has 0 bridgehead atoms. The van der Waals surface area contributed by atoms with E-state index in [1.165, 1.54) is 0 Å². The van der Waals surface area contributed by atoms with Crippen LogP contribution in [-0.4, -0.2) is 28.1 Å². The molecule has 112 valence electrons. The van der Waals surface area contributed by atoms with Crippen LogP contribution < -0.4 is 4.90 Å². The van der Waals surface area contributed by atoms with Gasteiger partial charge in [-0.05, 0) is 58.1 Å². The van der Waals surface area contributed by atoms with Gasteiger partial charge in [-0.15, -0.1) is 0 Å². The third-order valence-electron chi connectivity index (χ3n) is 4.17. The summed E-state index contributed by atoms with van der Waals surface area (Å²) in [5.41, 5.74) is 1.50. The number of rotatable bonds is 4. The average Bonchev–Trinajstić information content (AvgIpc) is 2.46. The maximum atomic E-state index is 11.5. The van der Waals surface area contributed by atoms with Gasteiger partial charge in [-0.1, -0.05) is 0 Å². The maximum absolute atomic E-state index is 11.5. The Hall–Kier alpha value is -2.09. The number of nitriles is 1. The van der Waals surface area contributed by atoms with E-state index in [1.54, 1.807) is 18.7 Å². The molecule has 0 radical (unpaired) electrons. The molecule has 1 aliphatic carbocycles. The van der Waals surface area contributed by atoms with Crippen LogP contribution in [0.4, 0.5) is 5.82 Å². The molecule has 1 aliphatic rings. The van der Waals surface area contributed by atoms with Crippen molar-refractivity contribution >= 4 is 11.8 Å². The van der Waals surface area contributed by atoms with Gasteiger partial charge in [0.15, 0.2) is 0 Å². The Morgan fingerprint density at radius 1 is 1.48 bits per heavy atom. The summed E-state index contributed by atoms with van der Waals surface area (Å²) in [7, 11) is 0. The van der Waals surface area contributed by atoms with Gasteiger partial charge >= 0.3 is 5.97 Å². The normalized spacial score (nSPS) is 14.2. The monoisotopic (exact) mass is 287 g/mol. The molecule has 0 amide bonds. The van der Waals surface area contributed by atoms with Gasteiger partial charge in [0.2, 0.25) is 0 Å². The second-order valence-electron chi connectivity index (χ2n) is 5.89. The lowest BCUT2D eigenvalue weighted by atomic mass is 9.94. The number of hydrogen-bond acceptors (Lipinski definition) is 4. The number of hydrogen-bond donors (Lipinski definition) is 1. The fourth-order valence-electron chi connectivity index (χ4n) is 2.84. The van der Waals surface area contributed by atoms with Crippen molar-refractivity contribution in [3.05, 3.63) is 22.9 Å².